The van der Waals surface area contributed by atoms with Crippen LogP contribution in [0.4, 0.5) is 5.69 Å². The Morgan fingerprint density at radius 3 is 2.94 bits per heavy atom. The third-order valence-corrected chi connectivity index (χ3v) is 3.75. The molecule has 0 spiro atoms. The number of fused-ring (bicyclic) bond motifs is 2. The molecule has 0 radical (unpaired) electrons. The van der Waals surface area contributed by atoms with Gasteiger partial charge in [0.05, 0.1) is 5.92 Å². The molecule has 3 atom stereocenters. The van der Waals surface area contributed by atoms with E-state index >= 15 is 0 Å². The van der Waals surface area contributed by atoms with E-state index in [1.807, 2.05) is 0 Å². The Bertz CT molecular complexity index is 447. The van der Waals surface area contributed by atoms with Crippen molar-refractivity contribution in [1.29, 1.82) is 0 Å². The number of phenolic OH excluding ortho intramolecular Hbond substituents is 1. The van der Waals surface area contributed by atoms with Gasteiger partial charge in [-0.1, -0.05) is 6.07 Å². The fourth-order valence-electron chi connectivity index (χ4n) is 2.93. The minimum absolute atomic E-state index is 0.0651. The first-order valence-corrected chi connectivity index (χ1v) is 6.08. The topological polar surface area (TPSA) is 61.4 Å². The summed E-state index contributed by atoms with van der Waals surface area (Å²) in [5.41, 5.74) is 0.665. The Labute approximate surface area is 100 Å². The van der Waals surface area contributed by atoms with Crippen LogP contribution >= 0.6 is 0 Å². The molecular weight excluding hydrogens is 216 g/mol. The van der Waals surface area contributed by atoms with Crippen molar-refractivity contribution in [3.05, 3.63) is 24.3 Å². The Morgan fingerprint density at radius 2 is 2.29 bits per heavy atom. The number of phenols is 1. The highest BCUT2D eigenvalue weighted by molar-refractivity contribution is 5.93. The zero-order valence-corrected chi connectivity index (χ0v) is 9.52. The van der Waals surface area contributed by atoms with Gasteiger partial charge in [0.2, 0.25) is 5.91 Å². The van der Waals surface area contributed by atoms with Gasteiger partial charge in [0, 0.05) is 23.8 Å². The average Bonchev–Trinajstić information content (AvgIpc) is 2.90. The molecular formula is C13H16N2O2. The molecule has 2 aliphatic rings. The van der Waals surface area contributed by atoms with Gasteiger partial charge in [-0.05, 0) is 31.4 Å². The number of carbonyl (C=O) groups excluding carboxylic acids is 1. The summed E-state index contributed by atoms with van der Waals surface area (Å²) < 4.78 is 0. The smallest absolute Gasteiger partial charge is 0.229 e. The minimum Gasteiger partial charge on any atom is -0.508 e. The first kappa shape index (κ1) is 10.6. The van der Waals surface area contributed by atoms with Crippen LogP contribution in [0.1, 0.15) is 19.3 Å². The standard InChI is InChI=1S/C13H16N2O2/c16-10-3-1-2-8(6-10)15-13(17)11-7-9-4-5-12(11)14-9/h1-3,6,9,11-12,14,16H,4-5,7H2,(H,15,17). The molecule has 3 unspecified atom stereocenters. The molecule has 90 valence electrons. The monoisotopic (exact) mass is 232 g/mol. The summed E-state index contributed by atoms with van der Waals surface area (Å²) in [5, 5.41) is 15.6. The maximum absolute atomic E-state index is 12.1. The van der Waals surface area contributed by atoms with Gasteiger partial charge >= 0.3 is 0 Å². The van der Waals surface area contributed by atoms with Gasteiger partial charge < -0.3 is 15.7 Å². The number of rotatable bonds is 2. The zero-order valence-electron chi connectivity index (χ0n) is 9.52. The fraction of sp³-hybridized carbons (Fsp3) is 0.462. The number of benzene rings is 1. The number of aromatic hydroxyl groups is 1. The molecule has 1 aromatic rings. The molecule has 4 nitrogen and oxygen atoms in total. The number of anilines is 1. The molecule has 3 N–H and O–H groups in total. The van der Waals surface area contributed by atoms with Gasteiger partial charge in [0.15, 0.2) is 0 Å². The van der Waals surface area contributed by atoms with E-state index in [-0.39, 0.29) is 17.6 Å². The van der Waals surface area contributed by atoms with E-state index in [1.54, 1.807) is 24.3 Å². The van der Waals surface area contributed by atoms with E-state index in [4.69, 9.17) is 0 Å². The van der Waals surface area contributed by atoms with Crippen molar-refractivity contribution in [3.63, 3.8) is 0 Å². The third-order valence-electron chi connectivity index (χ3n) is 3.75. The molecule has 17 heavy (non-hydrogen) atoms. The number of nitrogens with one attached hydrogen (secondary N) is 2. The highest BCUT2D eigenvalue weighted by Crippen LogP contribution is 2.34. The molecule has 3 rings (SSSR count). The third kappa shape index (κ3) is 2.00. The largest absolute Gasteiger partial charge is 0.508 e. The molecule has 0 aromatic heterocycles. The summed E-state index contributed by atoms with van der Waals surface area (Å²) >= 11 is 0. The predicted molar refractivity (Wildman–Crippen MR) is 64.8 cm³/mol. The van der Waals surface area contributed by atoms with Crippen LogP contribution in [-0.2, 0) is 4.79 Å². The number of amides is 1. The maximum atomic E-state index is 12.1. The predicted octanol–water partition coefficient (Wildman–Crippen LogP) is 1.47. The average molecular weight is 232 g/mol. The SMILES string of the molecule is O=C(Nc1cccc(O)c1)C1CC2CCC1N2. The molecule has 2 bridgehead atoms. The lowest BCUT2D eigenvalue weighted by molar-refractivity contribution is -0.120. The van der Waals surface area contributed by atoms with E-state index in [0.717, 1.165) is 12.8 Å². The first-order valence-electron chi connectivity index (χ1n) is 6.08. The minimum atomic E-state index is 0.0651. The Balaban J connectivity index is 1.68. The molecule has 4 heteroatoms. The molecule has 2 fully saturated rings. The Hall–Kier alpha value is -1.55. The van der Waals surface area contributed by atoms with Crippen molar-refractivity contribution in [2.24, 2.45) is 5.92 Å². The van der Waals surface area contributed by atoms with Gasteiger partial charge in [-0.15, -0.1) is 0 Å². The van der Waals surface area contributed by atoms with Gasteiger partial charge in [-0.3, -0.25) is 4.79 Å². The highest BCUT2D eigenvalue weighted by Gasteiger charge is 2.42. The summed E-state index contributed by atoms with van der Waals surface area (Å²) in [4.78, 5) is 12.1. The molecule has 2 saturated heterocycles. The van der Waals surface area contributed by atoms with Gasteiger partial charge in [-0.2, -0.15) is 0 Å². The first-order chi connectivity index (χ1) is 8.22. The molecule has 0 saturated carbocycles. The van der Waals surface area contributed by atoms with Crippen molar-refractivity contribution in [1.82, 2.24) is 5.32 Å². The van der Waals surface area contributed by atoms with E-state index in [2.05, 4.69) is 10.6 Å². The Morgan fingerprint density at radius 1 is 1.41 bits per heavy atom. The summed E-state index contributed by atoms with van der Waals surface area (Å²) in [6, 6.07) is 7.55. The number of hydrogen-bond acceptors (Lipinski definition) is 3. The van der Waals surface area contributed by atoms with E-state index in [1.165, 1.54) is 6.42 Å². The molecule has 1 aromatic carbocycles. The van der Waals surface area contributed by atoms with E-state index < -0.39 is 0 Å². The maximum Gasteiger partial charge on any atom is 0.229 e. The van der Waals surface area contributed by atoms with Crippen LogP contribution in [-0.4, -0.2) is 23.1 Å². The number of carbonyl (C=O) groups is 1. The van der Waals surface area contributed by atoms with Crippen LogP contribution in [0.3, 0.4) is 0 Å². The Kier molecular flexibility index (Phi) is 2.52. The quantitative estimate of drug-likeness (QED) is 0.723. The van der Waals surface area contributed by atoms with Crippen LogP contribution in [0.15, 0.2) is 24.3 Å². The van der Waals surface area contributed by atoms with Crippen LogP contribution in [0.2, 0.25) is 0 Å². The molecule has 1 amide bonds. The van der Waals surface area contributed by atoms with Crippen LogP contribution < -0.4 is 10.6 Å². The second kappa shape index (κ2) is 4.04. The summed E-state index contributed by atoms with van der Waals surface area (Å²) in [7, 11) is 0. The molecule has 2 heterocycles. The molecule has 2 aliphatic heterocycles. The van der Waals surface area contributed by atoms with Crippen molar-refractivity contribution < 1.29 is 9.90 Å². The zero-order chi connectivity index (χ0) is 11.8. The fourth-order valence-corrected chi connectivity index (χ4v) is 2.93. The van der Waals surface area contributed by atoms with Crippen molar-refractivity contribution in [2.45, 2.75) is 31.3 Å². The van der Waals surface area contributed by atoms with Crippen LogP contribution in [0, 0.1) is 5.92 Å². The van der Waals surface area contributed by atoms with Crippen molar-refractivity contribution >= 4 is 11.6 Å². The summed E-state index contributed by atoms with van der Waals surface area (Å²) in [6.45, 7) is 0. The van der Waals surface area contributed by atoms with Gasteiger partial charge in [0.1, 0.15) is 5.75 Å². The van der Waals surface area contributed by atoms with Crippen LogP contribution in [0.25, 0.3) is 0 Å². The second-order valence-corrected chi connectivity index (χ2v) is 4.93. The number of hydrogen-bond donors (Lipinski definition) is 3. The van der Waals surface area contributed by atoms with E-state index in [9.17, 15) is 9.90 Å². The van der Waals surface area contributed by atoms with Gasteiger partial charge in [-0.25, -0.2) is 0 Å². The lowest BCUT2D eigenvalue weighted by Crippen LogP contribution is -2.32. The highest BCUT2D eigenvalue weighted by atomic mass is 16.3. The summed E-state index contributed by atoms with van der Waals surface area (Å²) in [6.07, 6.45) is 3.23. The van der Waals surface area contributed by atoms with E-state index in [0.29, 0.717) is 17.8 Å². The van der Waals surface area contributed by atoms with Crippen LogP contribution in [0.5, 0.6) is 5.75 Å². The van der Waals surface area contributed by atoms with Crippen molar-refractivity contribution in [2.75, 3.05) is 5.32 Å². The normalized spacial score (nSPS) is 30.5. The second-order valence-electron chi connectivity index (χ2n) is 4.93. The molecule has 0 aliphatic carbocycles. The van der Waals surface area contributed by atoms with Gasteiger partial charge in [0.25, 0.3) is 0 Å². The lowest BCUT2D eigenvalue weighted by atomic mass is 9.88. The lowest BCUT2D eigenvalue weighted by Gasteiger charge is -2.19. The summed E-state index contributed by atoms with van der Waals surface area (Å²) in [5.74, 6) is 0.320. The van der Waals surface area contributed by atoms with Crippen molar-refractivity contribution in [3.8, 4) is 5.75 Å².